The van der Waals surface area contributed by atoms with E-state index < -0.39 is 0 Å². The molecule has 1 fully saturated rings. The fourth-order valence-electron chi connectivity index (χ4n) is 4.54. The van der Waals surface area contributed by atoms with Crippen LogP contribution in [0.3, 0.4) is 0 Å². The van der Waals surface area contributed by atoms with E-state index in [0.717, 1.165) is 51.6 Å². The van der Waals surface area contributed by atoms with Crippen LogP contribution < -0.4 is 14.5 Å². The van der Waals surface area contributed by atoms with Gasteiger partial charge in [0.05, 0.1) is 7.11 Å². The Hall–Kier alpha value is -3.02. The summed E-state index contributed by atoms with van der Waals surface area (Å²) in [6.07, 6.45) is 0. The van der Waals surface area contributed by atoms with Crippen molar-refractivity contribution >= 4 is 11.4 Å². The third kappa shape index (κ3) is 6.52. The molecule has 0 atom stereocenters. The lowest BCUT2D eigenvalue weighted by Crippen LogP contribution is -2.44. The number of likely N-dealkylation sites (N-methyl/N-ethyl adjacent to an activating group) is 1. The maximum absolute atomic E-state index is 5.47. The first-order valence-electron chi connectivity index (χ1n) is 12.1. The van der Waals surface area contributed by atoms with Crippen molar-refractivity contribution in [2.24, 2.45) is 0 Å². The van der Waals surface area contributed by atoms with E-state index >= 15 is 0 Å². The Labute approximate surface area is 205 Å². The lowest BCUT2D eigenvalue weighted by Gasteiger charge is -2.34. The predicted octanol–water partition coefficient (Wildman–Crippen LogP) is 4.72. The van der Waals surface area contributed by atoms with Gasteiger partial charge in [-0.1, -0.05) is 36.4 Å². The molecule has 1 aliphatic rings. The molecule has 0 spiro atoms. The summed E-state index contributed by atoms with van der Waals surface area (Å²) in [6, 6.07) is 26.4. The Kier molecular flexibility index (Phi) is 8.09. The average Bonchev–Trinajstić information content (AvgIpc) is 2.84. The van der Waals surface area contributed by atoms with E-state index in [9.17, 15) is 0 Å². The van der Waals surface area contributed by atoms with E-state index in [-0.39, 0.29) is 0 Å². The SMILES string of the molecule is COc1cccc(CN(Cc2ccc(N3CCN(C)CC3)cc2)c2cccc(CN(C)C)c2)c1. The minimum atomic E-state index is 0.822. The second kappa shape index (κ2) is 11.4. The van der Waals surface area contributed by atoms with Crippen molar-refractivity contribution in [1.29, 1.82) is 0 Å². The zero-order valence-corrected chi connectivity index (χ0v) is 21.1. The molecule has 1 aliphatic heterocycles. The number of rotatable bonds is 9. The van der Waals surface area contributed by atoms with E-state index in [1.165, 1.54) is 28.1 Å². The first-order chi connectivity index (χ1) is 16.5. The van der Waals surface area contributed by atoms with Gasteiger partial charge in [0.2, 0.25) is 0 Å². The fourth-order valence-corrected chi connectivity index (χ4v) is 4.54. The van der Waals surface area contributed by atoms with Crippen LogP contribution >= 0.6 is 0 Å². The molecule has 0 N–H and O–H groups in total. The molecule has 0 radical (unpaired) electrons. The maximum atomic E-state index is 5.47. The van der Waals surface area contributed by atoms with Gasteiger partial charge < -0.3 is 24.3 Å². The molecule has 0 amide bonds. The van der Waals surface area contributed by atoms with Crippen molar-refractivity contribution in [3.05, 3.63) is 89.5 Å². The lowest BCUT2D eigenvalue weighted by molar-refractivity contribution is 0.313. The molecule has 0 unspecified atom stereocenters. The van der Waals surface area contributed by atoms with Crippen LogP contribution in [0.15, 0.2) is 72.8 Å². The first kappa shape index (κ1) is 24.1. The van der Waals surface area contributed by atoms with Gasteiger partial charge in [0, 0.05) is 57.2 Å². The van der Waals surface area contributed by atoms with Crippen LogP contribution in [0.1, 0.15) is 16.7 Å². The molecule has 5 heteroatoms. The van der Waals surface area contributed by atoms with E-state index in [2.05, 4.69) is 107 Å². The second-order valence-electron chi connectivity index (χ2n) is 9.57. The number of ether oxygens (including phenoxy) is 1. The summed E-state index contributed by atoms with van der Waals surface area (Å²) in [6.45, 7) is 7.04. The molecular weight excluding hydrogens is 420 g/mol. The molecule has 1 saturated heterocycles. The van der Waals surface area contributed by atoms with Gasteiger partial charge >= 0.3 is 0 Å². The number of anilines is 2. The van der Waals surface area contributed by atoms with Crippen LogP contribution in [0.5, 0.6) is 5.75 Å². The van der Waals surface area contributed by atoms with Gasteiger partial charge in [-0.05, 0) is 74.2 Å². The Bertz CT molecular complexity index is 1040. The zero-order chi connectivity index (χ0) is 23.9. The number of methoxy groups -OCH3 is 1. The predicted molar refractivity (Wildman–Crippen MR) is 143 cm³/mol. The molecule has 34 heavy (non-hydrogen) atoms. The summed E-state index contributed by atoms with van der Waals surface area (Å²) < 4.78 is 5.47. The smallest absolute Gasteiger partial charge is 0.119 e. The van der Waals surface area contributed by atoms with Crippen LogP contribution in [0.25, 0.3) is 0 Å². The third-order valence-electron chi connectivity index (χ3n) is 6.46. The summed E-state index contributed by atoms with van der Waals surface area (Å²) in [7, 11) is 8.15. The fraction of sp³-hybridized carbons (Fsp3) is 0.379. The molecule has 0 aliphatic carbocycles. The molecule has 0 bridgehead atoms. The number of hydrogen-bond acceptors (Lipinski definition) is 5. The largest absolute Gasteiger partial charge is 0.497 e. The highest BCUT2D eigenvalue weighted by Crippen LogP contribution is 2.25. The molecule has 3 aromatic rings. The molecular formula is C29H38N4O. The van der Waals surface area contributed by atoms with Crippen LogP contribution in [0.2, 0.25) is 0 Å². The lowest BCUT2D eigenvalue weighted by atomic mass is 10.1. The minimum absolute atomic E-state index is 0.822. The van der Waals surface area contributed by atoms with E-state index in [1.807, 2.05) is 6.07 Å². The van der Waals surface area contributed by atoms with Gasteiger partial charge in [-0.3, -0.25) is 0 Å². The normalized spacial score (nSPS) is 14.4. The molecule has 0 aromatic heterocycles. The molecule has 3 aromatic carbocycles. The van der Waals surface area contributed by atoms with Gasteiger partial charge in [0.15, 0.2) is 0 Å². The monoisotopic (exact) mass is 458 g/mol. The van der Waals surface area contributed by atoms with Crippen LogP contribution in [0.4, 0.5) is 11.4 Å². The molecule has 4 rings (SSSR count). The van der Waals surface area contributed by atoms with Gasteiger partial charge in [0.1, 0.15) is 5.75 Å². The highest BCUT2D eigenvalue weighted by atomic mass is 16.5. The highest BCUT2D eigenvalue weighted by molar-refractivity contribution is 5.52. The molecule has 1 heterocycles. The Morgan fingerprint density at radius 2 is 1.38 bits per heavy atom. The van der Waals surface area contributed by atoms with Crippen molar-refractivity contribution in [1.82, 2.24) is 9.80 Å². The quantitative estimate of drug-likeness (QED) is 0.462. The summed E-state index contributed by atoms with van der Waals surface area (Å²) in [4.78, 5) is 9.55. The minimum Gasteiger partial charge on any atom is -0.497 e. The number of hydrogen-bond donors (Lipinski definition) is 0. The van der Waals surface area contributed by atoms with Crippen LogP contribution in [-0.4, -0.2) is 64.2 Å². The van der Waals surface area contributed by atoms with Crippen molar-refractivity contribution in [3.63, 3.8) is 0 Å². The Balaban J connectivity index is 1.55. The zero-order valence-electron chi connectivity index (χ0n) is 21.1. The average molecular weight is 459 g/mol. The van der Waals surface area contributed by atoms with E-state index in [1.54, 1.807) is 7.11 Å². The summed E-state index contributed by atoms with van der Waals surface area (Å²) in [5.41, 5.74) is 6.45. The highest BCUT2D eigenvalue weighted by Gasteiger charge is 2.15. The number of piperazine rings is 1. The third-order valence-corrected chi connectivity index (χ3v) is 6.46. The standard InChI is InChI=1S/C29H38N4O/c1-30(2)21-25-7-5-9-28(19-25)33(23-26-8-6-10-29(20-26)34-4)22-24-11-13-27(14-12-24)32-17-15-31(3)16-18-32/h5-14,19-20H,15-18,21-23H2,1-4H3. The van der Waals surface area contributed by atoms with E-state index in [0.29, 0.717) is 0 Å². The maximum Gasteiger partial charge on any atom is 0.119 e. The van der Waals surface area contributed by atoms with Gasteiger partial charge in [-0.25, -0.2) is 0 Å². The Morgan fingerprint density at radius 1 is 0.735 bits per heavy atom. The van der Waals surface area contributed by atoms with Crippen molar-refractivity contribution in [2.75, 3.05) is 64.2 Å². The van der Waals surface area contributed by atoms with Crippen LogP contribution in [-0.2, 0) is 19.6 Å². The van der Waals surface area contributed by atoms with Crippen molar-refractivity contribution < 1.29 is 4.74 Å². The van der Waals surface area contributed by atoms with Crippen molar-refractivity contribution in [2.45, 2.75) is 19.6 Å². The van der Waals surface area contributed by atoms with Gasteiger partial charge in [-0.2, -0.15) is 0 Å². The Morgan fingerprint density at radius 3 is 2.06 bits per heavy atom. The molecule has 5 nitrogen and oxygen atoms in total. The first-order valence-corrected chi connectivity index (χ1v) is 12.1. The molecule has 180 valence electrons. The number of benzene rings is 3. The van der Waals surface area contributed by atoms with Crippen molar-refractivity contribution in [3.8, 4) is 5.75 Å². The van der Waals surface area contributed by atoms with E-state index in [4.69, 9.17) is 4.74 Å². The summed E-state index contributed by atoms with van der Waals surface area (Å²) in [5, 5.41) is 0. The van der Waals surface area contributed by atoms with Gasteiger partial charge in [-0.15, -0.1) is 0 Å². The van der Waals surface area contributed by atoms with Gasteiger partial charge in [0.25, 0.3) is 0 Å². The number of nitrogens with zero attached hydrogens (tertiary/aromatic N) is 4. The topological polar surface area (TPSA) is 22.2 Å². The summed E-state index contributed by atoms with van der Waals surface area (Å²) >= 11 is 0. The summed E-state index contributed by atoms with van der Waals surface area (Å²) in [5.74, 6) is 0.898. The van der Waals surface area contributed by atoms with Crippen LogP contribution in [0, 0.1) is 0 Å². The molecule has 0 saturated carbocycles. The second-order valence-corrected chi connectivity index (χ2v) is 9.57.